The predicted molar refractivity (Wildman–Crippen MR) is 54.9 cm³/mol. The molecule has 0 fully saturated rings. The Labute approximate surface area is 86.3 Å². The van der Waals surface area contributed by atoms with Gasteiger partial charge in [-0.05, 0) is 12.1 Å². The van der Waals surface area contributed by atoms with E-state index in [0.29, 0.717) is 20.1 Å². The maximum absolute atomic E-state index is 13.3. The van der Waals surface area contributed by atoms with Crippen molar-refractivity contribution in [1.82, 2.24) is 0 Å². The summed E-state index contributed by atoms with van der Waals surface area (Å²) in [6.07, 6.45) is 0.741. The summed E-state index contributed by atoms with van der Waals surface area (Å²) in [5.74, 6) is -0.289. The van der Waals surface area contributed by atoms with E-state index in [9.17, 15) is 9.18 Å². The number of benzene rings is 1. The Bertz CT molecular complexity index is 478. The summed E-state index contributed by atoms with van der Waals surface area (Å²) < 4.78 is 14.4. The lowest BCUT2D eigenvalue weighted by Crippen LogP contribution is -1.78. The molecule has 2 rings (SSSR count). The molecular formula is C9H4BrFOS. The van der Waals surface area contributed by atoms with Crippen molar-refractivity contribution in [1.29, 1.82) is 0 Å². The molecular weight excluding hydrogens is 255 g/mol. The van der Waals surface area contributed by atoms with Crippen molar-refractivity contribution < 1.29 is 9.18 Å². The van der Waals surface area contributed by atoms with Crippen molar-refractivity contribution in [2.75, 3.05) is 0 Å². The number of hydrogen-bond donors (Lipinski definition) is 0. The van der Waals surface area contributed by atoms with Gasteiger partial charge < -0.3 is 0 Å². The third-order valence-corrected chi connectivity index (χ3v) is 3.23. The summed E-state index contributed by atoms with van der Waals surface area (Å²) in [5, 5.41) is 2.33. The molecule has 0 bridgehead atoms. The Morgan fingerprint density at radius 1 is 1.46 bits per heavy atom. The van der Waals surface area contributed by atoms with Gasteiger partial charge in [0.1, 0.15) is 5.82 Å². The molecule has 1 nitrogen and oxygen atoms in total. The van der Waals surface area contributed by atoms with Crippen LogP contribution >= 0.6 is 27.3 Å². The molecule has 0 saturated heterocycles. The Morgan fingerprint density at radius 3 is 2.92 bits per heavy atom. The fourth-order valence-electron chi connectivity index (χ4n) is 1.17. The fraction of sp³-hybridized carbons (Fsp3) is 0. The van der Waals surface area contributed by atoms with Crippen LogP contribution in [0, 0.1) is 5.82 Å². The monoisotopic (exact) mass is 258 g/mol. The minimum atomic E-state index is -0.289. The largest absolute Gasteiger partial charge is 0.298 e. The Hall–Kier alpha value is -0.740. The topological polar surface area (TPSA) is 17.1 Å². The highest BCUT2D eigenvalue weighted by Crippen LogP contribution is 2.30. The van der Waals surface area contributed by atoms with Gasteiger partial charge in [0.15, 0.2) is 6.29 Å². The molecule has 0 aliphatic rings. The van der Waals surface area contributed by atoms with Crippen molar-refractivity contribution >= 4 is 43.6 Å². The SMILES string of the molecule is O=Cc1csc2c(F)cc(Br)cc12. The Morgan fingerprint density at radius 2 is 2.23 bits per heavy atom. The highest BCUT2D eigenvalue weighted by molar-refractivity contribution is 9.10. The van der Waals surface area contributed by atoms with Gasteiger partial charge >= 0.3 is 0 Å². The first-order valence-electron chi connectivity index (χ1n) is 3.54. The molecule has 0 spiro atoms. The molecule has 0 aliphatic carbocycles. The van der Waals surface area contributed by atoms with Crippen LogP contribution in [0.3, 0.4) is 0 Å². The van der Waals surface area contributed by atoms with Crippen LogP contribution in [0.15, 0.2) is 22.0 Å². The second-order valence-electron chi connectivity index (χ2n) is 2.57. The summed E-state index contributed by atoms with van der Waals surface area (Å²) in [4.78, 5) is 10.6. The molecule has 0 saturated carbocycles. The van der Waals surface area contributed by atoms with Crippen LogP contribution in [0.2, 0.25) is 0 Å². The Balaban J connectivity index is 2.89. The standard InChI is InChI=1S/C9H4BrFOS/c10-6-1-7-5(3-12)4-13-9(7)8(11)2-6/h1-4H. The van der Waals surface area contributed by atoms with E-state index in [0.717, 1.165) is 6.29 Å². The van der Waals surface area contributed by atoms with E-state index >= 15 is 0 Å². The molecule has 0 radical (unpaired) electrons. The molecule has 4 heteroatoms. The minimum absolute atomic E-state index is 0.289. The quantitative estimate of drug-likeness (QED) is 0.715. The van der Waals surface area contributed by atoms with Crippen molar-refractivity contribution in [3.05, 3.63) is 33.4 Å². The molecule has 0 unspecified atom stereocenters. The second-order valence-corrected chi connectivity index (χ2v) is 4.37. The average Bonchev–Trinajstić information content (AvgIpc) is 2.47. The third-order valence-electron chi connectivity index (χ3n) is 1.75. The maximum Gasteiger partial charge on any atom is 0.151 e. The molecule has 1 aromatic carbocycles. The molecule has 1 aromatic heterocycles. The highest BCUT2D eigenvalue weighted by Gasteiger charge is 2.08. The summed E-state index contributed by atoms with van der Waals surface area (Å²) in [6.45, 7) is 0. The summed E-state index contributed by atoms with van der Waals surface area (Å²) in [6, 6.07) is 3.14. The summed E-state index contributed by atoms with van der Waals surface area (Å²) in [5.41, 5.74) is 0.542. The van der Waals surface area contributed by atoms with Crippen molar-refractivity contribution in [2.24, 2.45) is 0 Å². The van der Waals surface area contributed by atoms with E-state index in [1.165, 1.54) is 17.4 Å². The van der Waals surface area contributed by atoms with Gasteiger partial charge in [-0.2, -0.15) is 0 Å². The normalized spacial score (nSPS) is 10.6. The van der Waals surface area contributed by atoms with Crippen LogP contribution in [0.25, 0.3) is 10.1 Å². The van der Waals surface area contributed by atoms with Gasteiger partial charge in [-0.1, -0.05) is 15.9 Å². The average molecular weight is 259 g/mol. The molecule has 1 heterocycles. The van der Waals surface area contributed by atoms with Crippen molar-refractivity contribution in [2.45, 2.75) is 0 Å². The zero-order valence-corrected chi connectivity index (χ0v) is 8.78. The zero-order chi connectivity index (χ0) is 9.42. The zero-order valence-electron chi connectivity index (χ0n) is 6.38. The molecule has 13 heavy (non-hydrogen) atoms. The van der Waals surface area contributed by atoms with Gasteiger partial charge in [0, 0.05) is 20.8 Å². The van der Waals surface area contributed by atoms with Crippen LogP contribution in [0.1, 0.15) is 10.4 Å². The smallest absolute Gasteiger partial charge is 0.151 e. The van der Waals surface area contributed by atoms with Gasteiger partial charge in [0.25, 0.3) is 0 Å². The molecule has 0 amide bonds. The fourth-order valence-corrected chi connectivity index (χ4v) is 2.50. The lowest BCUT2D eigenvalue weighted by atomic mass is 10.2. The van der Waals surface area contributed by atoms with Crippen LogP contribution in [0.5, 0.6) is 0 Å². The van der Waals surface area contributed by atoms with E-state index in [2.05, 4.69) is 15.9 Å². The van der Waals surface area contributed by atoms with Crippen LogP contribution < -0.4 is 0 Å². The predicted octanol–water partition coefficient (Wildman–Crippen LogP) is 3.62. The van der Waals surface area contributed by atoms with Gasteiger partial charge in [-0.15, -0.1) is 11.3 Å². The number of fused-ring (bicyclic) bond motifs is 1. The second kappa shape index (κ2) is 3.20. The minimum Gasteiger partial charge on any atom is -0.298 e. The number of thiophene rings is 1. The van der Waals surface area contributed by atoms with Crippen LogP contribution in [0.4, 0.5) is 4.39 Å². The van der Waals surface area contributed by atoms with E-state index in [1.807, 2.05) is 0 Å². The van der Waals surface area contributed by atoms with E-state index < -0.39 is 0 Å². The highest BCUT2D eigenvalue weighted by atomic mass is 79.9. The maximum atomic E-state index is 13.3. The van der Waals surface area contributed by atoms with Gasteiger partial charge in [0.2, 0.25) is 0 Å². The number of carbonyl (C=O) groups excluding carboxylic acids is 1. The molecule has 66 valence electrons. The van der Waals surface area contributed by atoms with Gasteiger partial charge in [-0.3, -0.25) is 4.79 Å². The summed E-state index contributed by atoms with van der Waals surface area (Å²) in [7, 11) is 0. The molecule has 0 atom stereocenters. The number of carbonyl (C=O) groups is 1. The van der Waals surface area contributed by atoms with Crippen LogP contribution in [-0.2, 0) is 0 Å². The van der Waals surface area contributed by atoms with E-state index in [4.69, 9.17) is 0 Å². The Kier molecular flexibility index (Phi) is 2.17. The molecule has 0 aliphatic heterocycles. The van der Waals surface area contributed by atoms with Gasteiger partial charge in [-0.25, -0.2) is 4.39 Å². The first kappa shape index (κ1) is 8.84. The number of hydrogen-bond acceptors (Lipinski definition) is 2. The lowest BCUT2D eigenvalue weighted by molar-refractivity contribution is 0.112. The number of aldehydes is 1. The molecule has 2 aromatic rings. The van der Waals surface area contributed by atoms with Crippen LogP contribution in [-0.4, -0.2) is 6.29 Å². The third kappa shape index (κ3) is 1.40. The number of halogens is 2. The van der Waals surface area contributed by atoms with Crippen molar-refractivity contribution in [3.63, 3.8) is 0 Å². The number of rotatable bonds is 1. The van der Waals surface area contributed by atoms with E-state index in [1.54, 1.807) is 11.4 Å². The summed E-state index contributed by atoms with van der Waals surface area (Å²) >= 11 is 4.43. The molecule has 0 N–H and O–H groups in total. The van der Waals surface area contributed by atoms with Gasteiger partial charge in [0.05, 0.1) is 4.70 Å². The van der Waals surface area contributed by atoms with E-state index in [-0.39, 0.29) is 5.82 Å². The van der Waals surface area contributed by atoms with Crippen molar-refractivity contribution in [3.8, 4) is 0 Å². The first-order valence-corrected chi connectivity index (χ1v) is 5.21. The lowest BCUT2D eigenvalue weighted by Gasteiger charge is -1.94. The first-order chi connectivity index (χ1) is 6.22.